The molecule has 0 saturated heterocycles. The molecule has 1 aliphatic carbocycles. The van der Waals surface area contributed by atoms with Crippen LogP contribution in [0.15, 0.2) is 0 Å². The molecule has 6 heteroatoms. The van der Waals surface area contributed by atoms with E-state index in [-0.39, 0.29) is 11.8 Å². The minimum Gasteiger partial charge on any atom is -0.481 e. The second-order valence-electron chi connectivity index (χ2n) is 5.32. The Hall–Kier alpha value is -1.59. The number of carboxylic acids is 1. The third kappa shape index (κ3) is 2.80. The van der Waals surface area contributed by atoms with Gasteiger partial charge in [0.2, 0.25) is 5.95 Å². The Morgan fingerprint density at radius 1 is 1.44 bits per heavy atom. The Kier molecular flexibility index (Phi) is 3.54. The molecule has 2 rings (SSSR count). The summed E-state index contributed by atoms with van der Waals surface area (Å²) in [7, 11) is 1.75. The Morgan fingerprint density at radius 2 is 2.11 bits per heavy atom. The number of hydrogen-bond acceptors (Lipinski definition) is 4. The fourth-order valence-corrected chi connectivity index (χ4v) is 2.90. The van der Waals surface area contributed by atoms with Crippen molar-refractivity contribution in [2.45, 2.75) is 44.9 Å². The molecule has 0 amide bonds. The molecule has 1 aromatic heterocycles. The van der Waals surface area contributed by atoms with Crippen molar-refractivity contribution in [1.82, 2.24) is 14.8 Å². The third-order valence-corrected chi connectivity index (χ3v) is 3.81. The minimum absolute atomic E-state index is 0.183. The van der Waals surface area contributed by atoms with Crippen molar-refractivity contribution in [1.29, 1.82) is 0 Å². The number of aromatic nitrogens is 3. The maximum atomic E-state index is 11.1. The lowest BCUT2D eigenvalue weighted by atomic mass is 9.69. The molecule has 0 radical (unpaired) electrons. The maximum absolute atomic E-state index is 11.1. The van der Waals surface area contributed by atoms with E-state index in [9.17, 15) is 4.79 Å². The van der Waals surface area contributed by atoms with E-state index in [1.54, 1.807) is 7.05 Å². The first-order chi connectivity index (χ1) is 8.51. The number of anilines is 1. The van der Waals surface area contributed by atoms with Crippen LogP contribution in [-0.4, -0.2) is 25.8 Å². The zero-order valence-electron chi connectivity index (χ0n) is 10.7. The number of hydrogen-bond donors (Lipinski definition) is 2. The maximum Gasteiger partial charge on any atom is 0.303 e. The first-order valence-electron chi connectivity index (χ1n) is 6.38. The van der Waals surface area contributed by atoms with Gasteiger partial charge in [-0.2, -0.15) is 10.1 Å². The number of nitrogen functional groups attached to an aromatic ring is 1. The summed E-state index contributed by atoms with van der Waals surface area (Å²) in [5, 5.41) is 13.3. The topological polar surface area (TPSA) is 94.0 Å². The summed E-state index contributed by atoms with van der Waals surface area (Å²) in [4.78, 5) is 15.3. The van der Waals surface area contributed by atoms with Crippen molar-refractivity contribution < 1.29 is 9.90 Å². The smallest absolute Gasteiger partial charge is 0.303 e. The van der Waals surface area contributed by atoms with Crippen molar-refractivity contribution in [2.75, 3.05) is 5.73 Å². The van der Waals surface area contributed by atoms with Crippen LogP contribution in [0.25, 0.3) is 0 Å². The molecule has 1 saturated carbocycles. The molecule has 1 heterocycles. The lowest BCUT2D eigenvalue weighted by Gasteiger charge is -2.35. The number of rotatable bonds is 4. The molecule has 0 aromatic carbocycles. The lowest BCUT2D eigenvalue weighted by Crippen LogP contribution is -2.30. The van der Waals surface area contributed by atoms with Gasteiger partial charge in [0.05, 0.1) is 6.42 Å². The molecule has 0 atom stereocenters. The zero-order chi connectivity index (χ0) is 13.2. The fraction of sp³-hybridized carbons (Fsp3) is 0.750. The molecule has 1 aliphatic rings. The molecular weight excluding hydrogens is 232 g/mol. The van der Waals surface area contributed by atoms with Gasteiger partial charge in [-0.05, 0) is 18.3 Å². The average molecular weight is 252 g/mol. The van der Waals surface area contributed by atoms with Gasteiger partial charge in [-0.3, -0.25) is 4.79 Å². The zero-order valence-corrected chi connectivity index (χ0v) is 10.7. The standard InChI is InChI=1S/C12H20N4O2/c1-16-11(13)14-9(15-16)7-12(8-10(17)18)5-3-2-4-6-12/h2-8H2,1H3,(H,17,18)(H2,13,14,15). The number of aryl methyl sites for hydroxylation is 1. The summed E-state index contributed by atoms with van der Waals surface area (Å²) < 4.78 is 1.53. The van der Waals surface area contributed by atoms with Crippen LogP contribution in [0, 0.1) is 5.41 Å². The lowest BCUT2D eigenvalue weighted by molar-refractivity contribution is -0.140. The second-order valence-corrected chi connectivity index (χ2v) is 5.32. The van der Waals surface area contributed by atoms with Gasteiger partial charge in [-0.15, -0.1) is 0 Å². The molecule has 1 fully saturated rings. The minimum atomic E-state index is -0.735. The van der Waals surface area contributed by atoms with Crippen LogP contribution in [0.5, 0.6) is 0 Å². The van der Waals surface area contributed by atoms with Gasteiger partial charge in [0, 0.05) is 13.5 Å². The molecular formula is C12H20N4O2. The molecule has 18 heavy (non-hydrogen) atoms. The predicted octanol–water partition coefficient (Wildman–Crippen LogP) is 1.36. The Labute approximate surface area is 106 Å². The van der Waals surface area contributed by atoms with Crippen molar-refractivity contribution >= 4 is 11.9 Å². The monoisotopic (exact) mass is 252 g/mol. The number of nitrogens with zero attached hydrogens (tertiary/aromatic N) is 3. The van der Waals surface area contributed by atoms with Gasteiger partial charge in [-0.25, -0.2) is 4.68 Å². The van der Waals surface area contributed by atoms with Crippen molar-refractivity contribution in [3.63, 3.8) is 0 Å². The first-order valence-corrected chi connectivity index (χ1v) is 6.38. The highest BCUT2D eigenvalue weighted by atomic mass is 16.4. The van der Waals surface area contributed by atoms with Crippen LogP contribution in [0.2, 0.25) is 0 Å². The molecule has 1 aromatic rings. The number of carboxylic acid groups (broad SMARTS) is 1. The number of nitrogens with two attached hydrogens (primary N) is 1. The highest BCUT2D eigenvalue weighted by Crippen LogP contribution is 2.41. The SMILES string of the molecule is Cn1nc(CC2(CC(=O)O)CCCCC2)nc1N. The summed E-state index contributed by atoms with van der Waals surface area (Å²) in [6, 6.07) is 0. The van der Waals surface area contributed by atoms with Crippen LogP contribution in [0.4, 0.5) is 5.95 Å². The van der Waals surface area contributed by atoms with Crippen molar-refractivity contribution in [3.05, 3.63) is 5.82 Å². The summed E-state index contributed by atoms with van der Waals surface area (Å²) in [5.41, 5.74) is 5.48. The highest BCUT2D eigenvalue weighted by molar-refractivity contribution is 5.67. The molecule has 3 N–H and O–H groups in total. The Balaban J connectivity index is 2.16. The second kappa shape index (κ2) is 4.96. The highest BCUT2D eigenvalue weighted by Gasteiger charge is 2.35. The van der Waals surface area contributed by atoms with Gasteiger partial charge in [0.1, 0.15) is 0 Å². The molecule has 100 valence electrons. The van der Waals surface area contributed by atoms with Crippen LogP contribution >= 0.6 is 0 Å². The normalized spacial score (nSPS) is 18.7. The van der Waals surface area contributed by atoms with Crippen molar-refractivity contribution in [2.24, 2.45) is 12.5 Å². The van der Waals surface area contributed by atoms with Gasteiger partial charge >= 0.3 is 5.97 Å². The largest absolute Gasteiger partial charge is 0.481 e. The third-order valence-electron chi connectivity index (χ3n) is 3.81. The van der Waals surface area contributed by atoms with Crippen molar-refractivity contribution in [3.8, 4) is 0 Å². The van der Waals surface area contributed by atoms with E-state index in [1.807, 2.05) is 0 Å². The number of aliphatic carboxylic acids is 1. The fourth-order valence-electron chi connectivity index (χ4n) is 2.90. The quantitative estimate of drug-likeness (QED) is 0.843. The molecule has 0 bridgehead atoms. The number of carbonyl (C=O) groups is 1. The average Bonchev–Trinajstić information content (AvgIpc) is 2.57. The van der Waals surface area contributed by atoms with E-state index in [2.05, 4.69) is 10.1 Å². The van der Waals surface area contributed by atoms with E-state index >= 15 is 0 Å². The predicted molar refractivity (Wildman–Crippen MR) is 66.9 cm³/mol. The van der Waals surface area contributed by atoms with E-state index in [1.165, 1.54) is 11.1 Å². The van der Waals surface area contributed by atoms with Gasteiger partial charge in [0.25, 0.3) is 0 Å². The van der Waals surface area contributed by atoms with E-state index in [4.69, 9.17) is 10.8 Å². The summed E-state index contributed by atoms with van der Waals surface area (Å²) >= 11 is 0. The van der Waals surface area contributed by atoms with Gasteiger partial charge in [-0.1, -0.05) is 19.3 Å². The van der Waals surface area contributed by atoms with Crippen LogP contribution < -0.4 is 5.73 Å². The summed E-state index contributed by atoms with van der Waals surface area (Å²) in [6.45, 7) is 0. The Bertz CT molecular complexity index is 416. The van der Waals surface area contributed by atoms with Gasteiger partial charge in [0.15, 0.2) is 5.82 Å². The van der Waals surface area contributed by atoms with E-state index in [0.717, 1.165) is 25.7 Å². The summed E-state index contributed by atoms with van der Waals surface area (Å²) in [5.74, 6) is 0.310. The molecule has 0 unspecified atom stereocenters. The van der Waals surface area contributed by atoms with Crippen LogP contribution in [0.1, 0.15) is 44.3 Å². The van der Waals surface area contributed by atoms with E-state index < -0.39 is 5.97 Å². The molecule has 0 spiro atoms. The molecule has 0 aliphatic heterocycles. The van der Waals surface area contributed by atoms with E-state index in [0.29, 0.717) is 18.2 Å². The van der Waals surface area contributed by atoms with Crippen LogP contribution in [0.3, 0.4) is 0 Å². The summed E-state index contributed by atoms with van der Waals surface area (Å²) in [6.07, 6.45) is 6.08. The van der Waals surface area contributed by atoms with Crippen LogP contribution in [-0.2, 0) is 18.3 Å². The molecule has 6 nitrogen and oxygen atoms in total. The Morgan fingerprint density at radius 3 is 2.61 bits per heavy atom. The first kappa shape index (κ1) is 12.9. The van der Waals surface area contributed by atoms with Gasteiger partial charge < -0.3 is 10.8 Å².